The van der Waals surface area contributed by atoms with Gasteiger partial charge in [-0.15, -0.1) is 0 Å². The summed E-state index contributed by atoms with van der Waals surface area (Å²) in [6.07, 6.45) is 1.06. The van der Waals surface area contributed by atoms with Gasteiger partial charge in [-0.3, -0.25) is 0 Å². The monoisotopic (exact) mass is 248 g/mol. The maximum atomic E-state index is 12.1. The average Bonchev–Trinajstić information content (AvgIpc) is 2.15. The first kappa shape index (κ1) is 15.9. The summed E-state index contributed by atoms with van der Waals surface area (Å²) in [6, 6.07) is 0. The zero-order chi connectivity index (χ0) is 13.5. The number of rotatable bonds is 6. The third-order valence-corrected chi connectivity index (χ3v) is 2.43. The molecule has 0 fully saturated rings. The number of Topliss-reactive ketones (excluding diaryl/α,β-unsaturated/α-hetero) is 1. The van der Waals surface area contributed by atoms with Gasteiger partial charge < -0.3 is 4.79 Å². The molecule has 0 amide bonds. The Morgan fingerprint density at radius 1 is 1.00 bits per heavy atom. The number of carbonyl (C=O) groups is 1. The van der Waals surface area contributed by atoms with Gasteiger partial charge in [-0.05, 0) is 40.0 Å². The summed E-state index contributed by atoms with van der Waals surface area (Å²) >= 11 is 0. The number of hydrogen-bond acceptors (Lipinski definition) is 1. The molecule has 0 aliphatic rings. The number of alkyl halides is 3. The Morgan fingerprint density at radius 3 is 2.00 bits per heavy atom. The first-order valence-corrected chi connectivity index (χ1v) is 5.62. The van der Waals surface area contributed by atoms with Gasteiger partial charge in [0.05, 0.1) is 0 Å². The van der Waals surface area contributed by atoms with Crippen LogP contribution in [0.3, 0.4) is 0 Å². The quantitative estimate of drug-likeness (QED) is 0.628. The highest BCUT2D eigenvalue weighted by Gasteiger charge is 2.29. The maximum absolute atomic E-state index is 12.1. The molecule has 1 nitrogen and oxygen atoms in total. The van der Waals surface area contributed by atoms with Crippen LogP contribution in [0.1, 0.15) is 46.5 Å². The van der Waals surface area contributed by atoms with Gasteiger partial charge in [0.15, 0.2) is 0 Å². The summed E-state index contributed by atoms with van der Waals surface area (Å²) in [5.74, 6) is 0.127. The van der Waals surface area contributed by atoms with Gasteiger partial charge in [0, 0.05) is 12.0 Å². The Bertz CT molecular complexity index is 311. The average molecular weight is 248 g/mol. The highest BCUT2D eigenvalue weighted by atomic mass is 19.4. The third-order valence-electron chi connectivity index (χ3n) is 2.43. The fraction of sp³-hybridized carbons (Fsp3) is 0.615. The summed E-state index contributed by atoms with van der Waals surface area (Å²) in [5.41, 5.74) is 0.478. The zero-order valence-corrected chi connectivity index (χ0v) is 10.5. The van der Waals surface area contributed by atoms with Crippen LogP contribution >= 0.6 is 0 Å². The molecule has 4 heteroatoms. The van der Waals surface area contributed by atoms with Gasteiger partial charge in [0.25, 0.3) is 0 Å². The number of allylic oxidation sites excluding steroid dienone is 4. The number of hydrogen-bond donors (Lipinski definition) is 0. The Hall–Kier alpha value is -1.06. The second-order valence-corrected chi connectivity index (χ2v) is 4.21. The Morgan fingerprint density at radius 2 is 1.53 bits per heavy atom. The van der Waals surface area contributed by atoms with E-state index in [-0.39, 0.29) is 5.78 Å². The molecule has 0 bridgehead atoms. The topological polar surface area (TPSA) is 17.1 Å². The molecule has 0 radical (unpaired) electrons. The van der Waals surface area contributed by atoms with E-state index >= 15 is 0 Å². The minimum Gasteiger partial charge on any atom is -0.300 e. The molecule has 0 saturated heterocycles. The fourth-order valence-corrected chi connectivity index (χ4v) is 1.26. The molecule has 0 aromatic carbocycles. The molecule has 98 valence electrons. The van der Waals surface area contributed by atoms with Gasteiger partial charge in [0.2, 0.25) is 0 Å². The predicted molar refractivity (Wildman–Crippen MR) is 62.7 cm³/mol. The maximum Gasteiger partial charge on any atom is 0.412 e. The standard InChI is InChI=1S/C13H19F3O/c1-10(7-5-9-12(3)17)6-4-8-11(2)13(14,15)16/h7-8H,4-6,9H2,1-3H3/b10-7+,11-8?. The van der Waals surface area contributed by atoms with E-state index in [4.69, 9.17) is 0 Å². The molecule has 0 unspecified atom stereocenters. The summed E-state index contributed by atoms with van der Waals surface area (Å²) in [5, 5.41) is 0. The second-order valence-electron chi connectivity index (χ2n) is 4.21. The summed E-state index contributed by atoms with van der Waals surface area (Å²) < 4.78 is 36.4. The molecule has 0 heterocycles. The smallest absolute Gasteiger partial charge is 0.300 e. The van der Waals surface area contributed by atoms with Crippen LogP contribution in [0.2, 0.25) is 0 Å². The highest BCUT2D eigenvalue weighted by molar-refractivity contribution is 5.75. The van der Waals surface area contributed by atoms with E-state index in [0.29, 0.717) is 25.7 Å². The van der Waals surface area contributed by atoms with Crippen LogP contribution in [-0.2, 0) is 4.79 Å². The molecular formula is C13H19F3O. The number of carbonyl (C=O) groups excluding carboxylic acids is 1. The van der Waals surface area contributed by atoms with Crippen molar-refractivity contribution in [2.75, 3.05) is 0 Å². The SMILES string of the molecule is CC(=O)CC/C=C(\C)CCC=C(C)C(F)(F)F. The van der Waals surface area contributed by atoms with Gasteiger partial charge in [-0.1, -0.05) is 17.7 Å². The second kappa shape index (κ2) is 7.30. The Labute approximate surface area is 100 Å². The van der Waals surface area contributed by atoms with E-state index in [9.17, 15) is 18.0 Å². The highest BCUT2D eigenvalue weighted by Crippen LogP contribution is 2.25. The molecule has 0 rings (SSSR count). The molecule has 0 N–H and O–H groups in total. The lowest BCUT2D eigenvalue weighted by Crippen LogP contribution is -2.08. The normalized spacial score (nSPS) is 14.0. The van der Waals surface area contributed by atoms with Crippen molar-refractivity contribution < 1.29 is 18.0 Å². The van der Waals surface area contributed by atoms with Crippen molar-refractivity contribution in [2.24, 2.45) is 0 Å². The fourth-order valence-electron chi connectivity index (χ4n) is 1.26. The van der Waals surface area contributed by atoms with Crippen molar-refractivity contribution in [1.29, 1.82) is 0 Å². The first-order valence-electron chi connectivity index (χ1n) is 5.62. The minimum atomic E-state index is -4.22. The molecule has 0 spiro atoms. The lowest BCUT2D eigenvalue weighted by molar-refractivity contribution is -0.116. The molecule has 0 aliphatic heterocycles. The van der Waals surface area contributed by atoms with Crippen LogP contribution in [0, 0.1) is 0 Å². The third kappa shape index (κ3) is 8.72. The van der Waals surface area contributed by atoms with Crippen LogP contribution in [0.5, 0.6) is 0 Å². The van der Waals surface area contributed by atoms with Crippen molar-refractivity contribution in [1.82, 2.24) is 0 Å². The van der Waals surface area contributed by atoms with E-state index < -0.39 is 11.7 Å². The summed E-state index contributed by atoms with van der Waals surface area (Å²) in [7, 11) is 0. The van der Waals surface area contributed by atoms with E-state index in [1.807, 2.05) is 13.0 Å². The van der Waals surface area contributed by atoms with Gasteiger partial charge in [0.1, 0.15) is 5.78 Å². The van der Waals surface area contributed by atoms with Crippen molar-refractivity contribution in [3.63, 3.8) is 0 Å². The van der Waals surface area contributed by atoms with E-state index in [1.165, 1.54) is 13.0 Å². The Kier molecular flexibility index (Phi) is 6.85. The Balaban J connectivity index is 4.00. The molecule has 0 aromatic heterocycles. The van der Waals surface area contributed by atoms with Crippen LogP contribution in [0.25, 0.3) is 0 Å². The molecule has 0 aliphatic carbocycles. The predicted octanol–water partition coefficient (Wildman–Crippen LogP) is 4.59. The molecular weight excluding hydrogens is 229 g/mol. The van der Waals surface area contributed by atoms with Crippen molar-refractivity contribution in [2.45, 2.75) is 52.6 Å². The van der Waals surface area contributed by atoms with E-state index in [1.54, 1.807) is 0 Å². The summed E-state index contributed by atoms with van der Waals surface area (Å²) in [4.78, 5) is 10.7. The van der Waals surface area contributed by atoms with Crippen LogP contribution in [0.15, 0.2) is 23.3 Å². The number of halogens is 3. The van der Waals surface area contributed by atoms with Gasteiger partial charge >= 0.3 is 6.18 Å². The first-order chi connectivity index (χ1) is 7.73. The van der Waals surface area contributed by atoms with E-state index in [0.717, 1.165) is 12.5 Å². The summed E-state index contributed by atoms with van der Waals surface area (Å²) in [6.45, 7) is 4.48. The molecule has 0 atom stereocenters. The van der Waals surface area contributed by atoms with Crippen molar-refractivity contribution in [3.05, 3.63) is 23.3 Å². The van der Waals surface area contributed by atoms with E-state index in [2.05, 4.69) is 0 Å². The number of ketones is 1. The van der Waals surface area contributed by atoms with Gasteiger partial charge in [-0.25, -0.2) is 0 Å². The lowest BCUT2D eigenvalue weighted by atomic mass is 10.1. The molecule has 0 aromatic rings. The van der Waals surface area contributed by atoms with Gasteiger partial charge in [-0.2, -0.15) is 13.2 Å². The largest absolute Gasteiger partial charge is 0.412 e. The van der Waals surface area contributed by atoms with Crippen molar-refractivity contribution >= 4 is 5.78 Å². The van der Waals surface area contributed by atoms with Crippen molar-refractivity contribution in [3.8, 4) is 0 Å². The molecule has 0 saturated carbocycles. The minimum absolute atomic E-state index is 0.127. The van der Waals surface area contributed by atoms with Crippen LogP contribution in [-0.4, -0.2) is 12.0 Å². The lowest BCUT2D eigenvalue weighted by Gasteiger charge is -2.06. The molecule has 17 heavy (non-hydrogen) atoms. The zero-order valence-electron chi connectivity index (χ0n) is 10.5. The van der Waals surface area contributed by atoms with Crippen LogP contribution in [0.4, 0.5) is 13.2 Å². The van der Waals surface area contributed by atoms with Crippen LogP contribution < -0.4 is 0 Å².